The molecule has 6 nitrogen and oxygen atoms in total. The minimum atomic E-state index is -0.248. The number of aromatic nitrogens is 1. The van der Waals surface area contributed by atoms with Crippen LogP contribution in [0.1, 0.15) is 40.7 Å². The molecule has 0 saturated heterocycles. The van der Waals surface area contributed by atoms with Crippen molar-refractivity contribution in [1.82, 2.24) is 4.98 Å². The first-order valence-electron chi connectivity index (χ1n) is 9.78. The molecule has 4 rings (SSSR count). The number of nitrogens with two attached hydrogens (primary N) is 1. The molecule has 1 aliphatic carbocycles. The second-order valence-corrected chi connectivity index (χ2v) is 8.33. The lowest BCUT2D eigenvalue weighted by atomic mass is 9.85. The van der Waals surface area contributed by atoms with E-state index in [1.807, 2.05) is 0 Å². The summed E-state index contributed by atoms with van der Waals surface area (Å²) in [6.07, 6.45) is 4.39. The molecule has 1 aromatic carbocycles. The summed E-state index contributed by atoms with van der Waals surface area (Å²) in [7, 11) is 3.13. The number of carbonyl (C=O) groups is 1. The van der Waals surface area contributed by atoms with Crippen LogP contribution in [-0.4, -0.2) is 25.1 Å². The molecule has 0 fully saturated rings. The number of carbonyl (C=O) groups excluding carboxylic acids is 1. The number of pyridine rings is 1. The molecule has 29 heavy (non-hydrogen) atoms. The number of anilines is 2. The number of ether oxygens (including phenoxy) is 2. The summed E-state index contributed by atoms with van der Waals surface area (Å²) >= 11 is 1.34. The van der Waals surface area contributed by atoms with Crippen LogP contribution in [-0.2, 0) is 12.8 Å². The Hall–Kier alpha value is -2.80. The van der Waals surface area contributed by atoms with E-state index in [-0.39, 0.29) is 5.91 Å². The van der Waals surface area contributed by atoms with Gasteiger partial charge in [0.15, 0.2) is 11.5 Å². The molecule has 0 spiro atoms. The Morgan fingerprint density at radius 3 is 2.79 bits per heavy atom. The highest BCUT2D eigenvalue weighted by Gasteiger charge is 2.23. The van der Waals surface area contributed by atoms with Crippen LogP contribution in [0.5, 0.6) is 11.5 Å². The number of aryl methyl sites for hydroxylation is 1. The third-order valence-corrected chi connectivity index (χ3v) is 6.73. The predicted octanol–water partition coefficient (Wildman–Crippen LogP) is 4.66. The summed E-state index contributed by atoms with van der Waals surface area (Å²) in [5.74, 6) is 1.61. The van der Waals surface area contributed by atoms with Gasteiger partial charge in [0.1, 0.15) is 9.71 Å². The first-order valence-corrected chi connectivity index (χ1v) is 10.6. The maximum Gasteiger partial charge on any atom is 0.267 e. The van der Waals surface area contributed by atoms with Crippen molar-refractivity contribution in [2.24, 2.45) is 5.92 Å². The van der Waals surface area contributed by atoms with Crippen molar-refractivity contribution in [2.45, 2.75) is 32.6 Å². The summed E-state index contributed by atoms with van der Waals surface area (Å²) in [6.45, 7) is 2.23. The molecule has 1 atom stereocenters. The van der Waals surface area contributed by atoms with Crippen molar-refractivity contribution in [3.63, 3.8) is 0 Å². The third-order valence-electron chi connectivity index (χ3n) is 5.61. The summed E-state index contributed by atoms with van der Waals surface area (Å²) in [5, 5.41) is 3.78. The molecule has 0 bridgehead atoms. The van der Waals surface area contributed by atoms with Gasteiger partial charge in [-0.05, 0) is 48.9 Å². The molecule has 2 aromatic heterocycles. The van der Waals surface area contributed by atoms with Crippen LogP contribution in [0.2, 0.25) is 0 Å². The highest BCUT2D eigenvalue weighted by molar-refractivity contribution is 7.21. The first-order chi connectivity index (χ1) is 14.0. The van der Waals surface area contributed by atoms with Crippen LogP contribution in [0.3, 0.4) is 0 Å². The second-order valence-electron chi connectivity index (χ2n) is 7.33. The fourth-order valence-electron chi connectivity index (χ4n) is 3.88. The summed E-state index contributed by atoms with van der Waals surface area (Å²) in [4.78, 5) is 19.0. The number of methoxy groups -OCH3 is 2. The molecule has 0 unspecified atom stereocenters. The van der Waals surface area contributed by atoms with Crippen LogP contribution in [0.25, 0.3) is 10.2 Å². The SMILES string of the molecule is CC[C@H]1CCc2nc3sc(C(=O)Nc4ccc(OC)c(OC)c4)c(N)c3cc2C1. The minimum Gasteiger partial charge on any atom is -0.493 e. The van der Waals surface area contributed by atoms with Crippen molar-refractivity contribution >= 4 is 38.8 Å². The Balaban J connectivity index is 1.64. The molecular formula is C22H25N3O3S. The highest BCUT2D eigenvalue weighted by atomic mass is 32.1. The monoisotopic (exact) mass is 411 g/mol. The lowest BCUT2D eigenvalue weighted by Crippen LogP contribution is -2.14. The third kappa shape index (κ3) is 3.62. The maximum absolute atomic E-state index is 12.9. The fourth-order valence-corrected chi connectivity index (χ4v) is 4.88. The predicted molar refractivity (Wildman–Crippen MR) is 117 cm³/mol. The standard InChI is InChI=1S/C22H25N3O3S/c1-4-12-5-7-16-13(9-12)10-15-19(23)20(29-22(15)25-16)21(26)24-14-6-8-17(27-2)18(11-14)28-3/h6,8,10-12H,4-5,7,9,23H2,1-3H3,(H,24,26)/t12-/m0/s1. The molecule has 1 aliphatic rings. The number of rotatable bonds is 5. The molecule has 3 aromatic rings. The second kappa shape index (κ2) is 7.91. The average Bonchev–Trinajstić information content (AvgIpc) is 3.07. The van der Waals surface area contributed by atoms with E-state index in [1.54, 1.807) is 32.4 Å². The molecule has 1 amide bonds. The zero-order valence-electron chi connectivity index (χ0n) is 16.9. The zero-order valence-corrected chi connectivity index (χ0v) is 17.7. The van der Waals surface area contributed by atoms with E-state index in [2.05, 4.69) is 18.3 Å². The summed E-state index contributed by atoms with van der Waals surface area (Å²) in [5.41, 5.74) is 9.89. The molecule has 0 radical (unpaired) electrons. The molecule has 152 valence electrons. The van der Waals surface area contributed by atoms with Crippen molar-refractivity contribution in [3.8, 4) is 11.5 Å². The number of amides is 1. The topological polar surface area (TPSA) is 86.5 Å². The normalized spacial score (nSPS) is 15.8. The number of thiophene rings is 1. The van der Waals surface area contributed by atoms with Crippen LogP contribution >= 0.6 is 11.3 Å². The van der Waals surface area contributed by atoms with E-state index in [1.165, 1.54) is 29.7 Å². The van der Waals surface area contributed by atoms with E-state index in [4.69, 9.17) is 20.2 Å². The van der Waals surface area contributed by atoms with E-state index < -0.39 is 0 Å². The molecular weight excluding hydrogens is 386 g/mol. The molecule has 0 saturated carbocycles. The first kappa shape index (κ1) is 19.5. The Bertz CT molecular complexity index is 1080. The number of fused-ring (bicyclic) bond motifs is 2. The molecule has 2 heterocycles. The quantitative estimate of drug-likeness (QED) is 0.637. The van der Waals surface area contributed by atoms with Crippen LogP contribution in [0, 0.1) is 5.92 Å². The van der Waals surface area contributed by atoms with Gasteiger partial charge in [0.05, 0.1) is 19.9 Å². The molecule has 0 aliphatic heterocycles. The minimum absolute atomic E-state index is 0.248. The van der Waals surface area contributed by atoms with Gasteiger partial charge in [-0.3, -0.25) is 4.79 Å². The van der Waals surface area contributed by atoms with E-state index in [0.717, 1.165) is 28.8 Å². The van der Waals surface area contributed by atoms with Gasteiger partial charge in [-0.2, -0.15) is 0 Å². The Morgan fingerprint density at radius 1 is 1.28 bits per heavy atom. The van der Waals surface area contributed by atoms with Gasteiger partial charge in [0, 0.05) is 22.8 Å². The highest BCUT2D eigenvalue weighted by Crippen LogP contribution is 2.37. The lowest BCUT2D eigenvalue weighted by molar-refractivity contribution is 0.103. The fraction of sp³-hybridized carbons (Fsp3) is 0.364. The van der Waals surface area contributed by atoms with Gasteiger partial charge in [-0.1, -0.05) is 13.3 Å². The summed E-state index contributed by atoms with van der Waals surface area (Å²) < 4.78 is 10.5. The van der Waals surface area contributed by atoms with E-state index in [9.17, 15) is 4.79 Å². The lowest BCUT2D eigenvalue weighted by Gasteiger charge is -2.22. The van der Waals surface area contributed by atoms with Crippen LogP contribution < -0.4 is 20.5 Å². The molecule has 3 N–H and O–H groups in total. The van der Waals surface area contributed by atoms with Crippen LogP contribution in [0.4, 0.5) is 11.4 Å². The van der Waals surface area contributed by atoms with Crippen LogP contribution in [0.15, 0.2) is 24.3 Å². The molecule has 7 heteroatoms. The summed E-state index contributed by atoms with van der Waals surface area (Å²) in [6, 6.07) is 7.38. The van der Waals surface area contributed by atoms with Gasteiger partial charge in [0.2, 0.25) is 0 Å². The van der Waals surface area contributed by atoms with Crippen molar-refractivity contribution in [1.29, 1.82) is 0 Å². The van der Waals surface area contributed by atoms with E-state index >= 15 is 0 Å². The number of benzene rings is 1. The Kier molecular flexibility index (Phi) is 5.32. The van der Waals surface area contributed by atoms with Gasteiger partial charge in [-0.15, -0.1) is 11.3 Å². The Labute approximate surface area is 174 Å². The van der Waals surface area contributed by atoms with Gasteiger partial charge in [-0.25, -0.2) is 4.98 Å². The van der Waals surface area contributed by atoms with Crippen molar-refractivity contribution < 1.29 is 14.3 Å². The van der Waals surface area contributed by atoms with Crippen molar-refractivity contribution in [3.05, 3.63) is 40.4 Å². The largest absolute Gasteiger partial charge is 0.493 e. The van der Waals surface area contributed by atoms with Crippen molar-refractivity contribution in [2.75, 3.05) is 25.3 Å². The zero-order chi connectivity index (χ0) is 20.5. The number of nitrogens with one attached hydrogen (secondary N) is 1. The smallest absolute Gasteiger partial charge is 0.267 e. The van der Waals surface area contributed by atoms with Gasteiger partial charge >= 0.3 is 0 Å². The number of nitrogen functional groups attached to an aromatic ring is 1. The van der Waals surface area contributed by atoms with E-state index in [0.29, 0.717) is 33.7 Å². The number of nitrogens with zero attached hydrogens (tertiary/aromatic N) is 1. The van der Waals surface area contributed by atoms with Gasteiger partial charge < -0.3 is 20.5 Å². The number of hydrogen-bond donors (Lipinski definition) is 2. The number of hydrogen-bond acceptors (Lipinski definition) is 6. The average molecular weight is 412 g/mol. The Morgan fingerprint density at radius 2 is 2.07 bits per heavy atom. The van der Waals surface area contributed by atoms with Gasteiger partial charge in [0.25, 0.3) is 5.91 Å². The maximum atomic E-state index is 12.9.